The Morgan fingerprint density at radius 1 is 1.30 bits per heavy atom. The van der Waals surface area contributed by atoms with Crippen molar-refractivity contribution in [3.05, 3.63) is 35.9 Å². The van der Waals surface area contributed by atoms with Gasteiger partial charge in [-0.15, -0.1) is 5.10 Å². The molecule has 23 heavy (non-hydrogen) atoms. The SMILES string of the molecule is CC(C)COC(=O)COc1cc(-c2ccc(F)cc2F)n(C)n1. The third-order valence-electron chi connectivity index (χ3n) is 2.98. The van der Waals surface area contributed by atoms with Crippen LogP contribution >= 0.6 is 0 Å². The number of ether oxygens (including phenoxy) is 2. The summed E-state index contributed by atoms with van der Waals surface area (Å²) in [7, 11) is 1.60. The van der Waals surface area contributed by atoms with Gasteiger partial charge in [-0.2, -0.15) is 0 Å². The lowest BCUT2D eigenvalue weighted by molar-refractivity contribution is -0.147. The first-order valence-electron chi connectivity index (χ1n) is 7.14. The highest BCUT2D eigenvalue weighted by Crippen LogP contribution is 2.26. The molecule has 5 nitrogen and oxygen atoms in total. The lowest BCUT2D eigenvalue weighted by Gasteiger charge is -2.06. The third kappa shape index (κ3) is 4.51. The Morgan fingerprint density at radius 3 is 2.70 bits per heavy atom. The van der Waals surface area contributed by atoms with Gasteiger partial charge in [0.15, 0.2) is 6.61 Å². The summed E-state index contributed by atoms with van der Waals surface area (Å²) in [6.07, 6.45) is 0. The van der Waals surface area contributed by atoms with Crippen molar-refractivity contribution in [2.24, 2.45) is 13.0 Å². The van der Waals surface area contributed by atoms with E-state index in [1.54, 1.807) is 7.05 Å². The summed E-state index contributed by atoms with van der Waals surface area (Å²) in [5, 5.41) is 4.04. The van der Waals surface area contributed by atoms with Gasteiger partial charge in [-0.05, 0) is 18.1 Å². The van der Waals surface area contributed by atoms with Crippen molar-refractivity contribution in [3.63, 3.8) is 0 Å². The van der Waals surface area contributed by atoms with E-state index >= 15 is 0 Å². The van der Waals surface area contributed by atoms with Gasteiger partial charge in [-0.3, -0.25) is 4.68 Å². The Morgan fingerprint density at radius 2 is 2.04 bits per heavy atom. The molecular formula is C16H18F2N2O3. The molecule has 0 saturated heterocycles. The van der Waals surface area contributed by atoms with Crippen LogP contribution in [-0.2, 0) is 16.6 Å². The van der Waals surface area contributed by atoms with E-state index in [4.69, 9.17) is 9.47 Å². The molecule has 1 aromatic carbocycles. The van der Waals surface area contributed by atoms with Crippen LogP contribution in [0, 0.1) is 17.6 Å². The molecular weight excluding hydrogens is 306 g/mol. The first kappa shape index (κ1) is 16.9. The second kappa shape index (κ2) is 7.21. The molecule has 2 rings (SSSR count). The van der Waals surface area contributed by atoms with Gasteiger partial charge in [0.2, 0.25) is 5.88 Å². The number of aryl methyl sites for hydroxylation is 1. The normalized spacial score (nSPS) is 10.9. The summed E-state index contributed by atoms with van der Waals surface area (Å²) >= 11 is 0. The number of nitrogens with zero attached hydrogens (tertiary/aromatic N) is 2. The second-order valence-corrected chi connectivity index (χ2v) is 5.48. The van der Waals surface area contributed by atoms with E-state index in [9.17, 15) is 13.6 Å². The van der Waals surface area contributed by atoms with Gasteiger partial charge >= 0.3 is 5.97 Å². The average Bonchev–Trinajstić information content (AvgIpc) is 2.84. The topological polar surface area (TPSA) is 53.4 Å². The van der Waals surface area contributed by atoms with E-state index in [2.05, 4.69) is 5.10 Å². The molecule has 1 aromatic heterocycles. The van der Waals surface area contributed by atoms with Crippen molar-refractivity contribution in [3.8, 4) is 17.1 Å². The first-order valence-corrected chi connectivity index (χ1v) is 7.14. The monoisotopic (exact) mass is 324 g/mol. The zero-order valence-electron chi connectivity index (χ0n) is 13.2. The van der Waals surface area contributed by atoms with Gasteiger partial charge < -0.3 is 9.47 Å². The molecule has 0 aliphatic heterocycles. The highest BCUT2D eigenvalue weighted by Gasteiger charge is 2.14. The largest absolute Gasteiger partial charge is 0.465 e. The molecule has 7 heteroatoms. The predicted octanol–water partition coefficient (Wildman–Crippen LogP) is 2.94. The quantitative estimate of drug-likeness (QED) is 0.767. The van der Waals surface area contributed by atoms with Crippen molar-refractivity contribution < 1.29 is 23.0 Å². The fourth-order valence-electron chi connectivity index (χ4n) is 1.89. The summed E-state index contributed by atoms with van der Waals surface area (Å²) in [5.74, 6) is -1.46. The maximum atomic E-state index is 13.8. The molecule has 0 fully saturated rings. The average molecular weight is 324 g/mol. The van der Waals surface area contributed by atoms with Crippen LogP contribution in [0.2, 0.25) is 0 Å². The third-order valence-corrected chi connectivity index (χ3v) is 2.98. The Kier molecular flexibility index (Phi) is 5.31. The molecule has 2 aromatic rings. The number of hydrogen-bond acceptors (Lipinski definition) is 4. The molecule has 0 radical (unpaired) electrons. The number of carbonyl (C=O) groups excluding carboxylic acids is 1. The van der Waals surface area contributed by atoms with Gasteiger partial charge in [0.05, 0.1) is 12.3 Å². The minimum atomic E-state index is -0.698. The number of halogens is 2. The van der Waals surface area contributed by atoms with Gasteiger partial charge in [0.25, 0.3) is 0 Å². The minimum Gasteiger partial charge on any atom is -0.465 e. The summed E-state index contributed by atoms with van der Waals surface area (Å²) in [5.41, 5.74) is 0.603. The molecule has 124 valence electrons. The van der Waals surface area contributed by atoms with Crippen LogP contribution in [0.3, 0.4) is 0 Å². The lowest BCUT2D eigenvalue weighted by atomic mass is 10.1. The Bertz CT molecular complexity index is 699. The van der Waals surface area contributed by atoms with Gasteiger partial charge in [0.1, 0.15) is 11.6 Å². The standard InChI is InChI=1S/C16H18F2N2O3/c1-10(2)8-23-16(21)9-22-15-7-14(20(3)19-15)12-5-4-11(17)6-13(12)18/h4-7,10H,8-9H2,1-3H3. The number of hydrogen-bond donors (Lipinski definition) is 0. The minimum absolute atomic E-state index is 0.160. The van der Waals surface area contributed by atoms with E-state index in [-0.39, 0.29) is 24.0 Å². The number of rotatable bonds is 6. The molecule has 0 saturated carbocycles. The fourth-order valence-corrected chi connectivity index (χ4v) is 1.89. The molecule has 0 N–H and O–H groups in total. The fraction of sp³-hybridized carbons (Fsp3) is 0.375. The number of esters is 1. The second-order valence-electron chi connectivity index (χ2n) is 5.48. The van der Waals surface area contributed by atoms with Crippen LogP contribution < -0.4 is 4.74 Å². The summed E-state index contributed by atoms with van der Waals surface area (Å²) in [6.45, 7) is 3.89. The van der Waals surface area contributed by atoms with Crippen molar-refractivity contribution in [1.29, 1.82) is 0 Å². The Balaban J connectivity index is 2.05. The van der Waals surface area contributed by atoms with Crippen LogP contribution in [0.15, 0.2) is 24.3 Å². The molecule has 0 bridgehead atoms. The summed E-state index contributed by atoms with van der Waals surface area (Å²) in [4.78, 5) is 11.5. The van der Waals surface area contributed by atoms with Crippen LogP contribution in [-0.4, -0.2) is 29.0 Å². The molecule has 1 heterocycles. The number of carbonyl (C=O) groups is 1. The van der Waals surface area contributed by atoms with Crippen molar-refractivity contribution in [2.45, 2.75) is 13.8 Å². The summed E-state index contributed by atoms with van der Waals surface area (Å²) < 4.78 is 38.4. The Hall–Kier alpha value is -2.44. The molecule has 0 atom stereocenters. The number of aromatic nitrogens is 2. The molecule has 0 unspecified atom stereocenters. The van der Waals surface area contributed by atoms with Crippen molar-refractivity contribution in [2.75, 3.05) is 13.2 Å². The van der Waals surface area contributed by atoms with Crippen molar-refractivity contribution >= 4 is 5.97 Å². The first-order chi connectivity index (χ1) is 10.9. The summed E-state index contributed by atoms with van der Waals surface area (Å²) in [6, 6.07) is 4.76. The maximum absolute atomic E-state index is 13.8. The molecule has 0 amide bonds. The molecule has 0 aliphatic rings. The van der Waals surface area contributed by atoms with E-state index in [1.165, 1.54) is 16.8 Å². The van der Waals surface area contributed by atoms with E-state index < -0.39 is 17.6 Å². The van der Waals surface area contributed by atoms with Crippen molar-refractivity contribution in [1.82, 2.24) is 9.78 Å². The van der Waals surface area contributed by atoms with Crippen LogP contribution in [0.5, 0.6) is 5.88 Å². The predicted molar refractivity (Wildman–Crippen MR) is 79.9 cm³/mol. The zero-order valence-corrected chi connectivity index (χ0v) is 13.2. The highest BCUT2D eigenvalue weighted by molar-refractivity contribution is 5.71. The van der Waals surface area contributed by atoms with Gasteiger partial charge in [-0.1, -0.05) is 13.8 Å². The molecule has 0 spiro atoms. The van der Waals surface area contributed by atoms with E-state index in [0.717, 1.165) is 12.1 Å². The van der Waals surface area contributed by atoms with Crippen LogP contribution in [0.25, 0.3) is 11.3 Å². The van der Waals surface area contributed by atoms with E-state index in [1.807, 2.05) is 13.8 Å². The Labute approximate surface area is 132 Å². The van der Waals surface area contributed by atoms with Gasteiger partial charge in [0, 0.05) is 24.7 Å². The van der Waals surface area contributed by atoms with Crippen LogP contribution in [0.1, 0.15) is 13.8 Å². The zero-order chi connectivity index (χ0) is 17.0. The van der Waals surface area contributed by atoms with Gasteiger partial charge in [-0.25, -0.2) is 13.6 Å². The number of benzene rings is 1. The lowest BCUT2D eigenvalue weighted by Crippen LogP contribution is -2.17. The van der Waals surface area contributed by atoms with E-state index in [0.29, 0.717) is 12.3 Å². The highest BCUT2D eigenvalue weighted by atomic mass is 19.1. The molecule has 0 aliphatic carbocycles. The smallest absolute Gasteiger partial charge is 0.344 e. The maximum Gasteiger partial charge on any atom is 0.344 e. The van der Waals surface area contributed by atoms with Crippen LogP contribution in [0.4, 0.5) is 8.78 Å².